The molecule has 240 valence electrons. The Kier molecular flexibility index (Phi) is 12.3. The van der Waals surface area contributed by atoms with Crippen molar-refractivity contribution < 1.29 is 62.0 Å². The van der Waals surface area contributed by atoms with Gasteiger partial charge in [-0.2, -0.15) is 0 Å². The first-order valence-corrected chi connectivity index (χ1v) is 13.7. The van der Waals surface area contributed by atoms with Gasteiger partial charge in [-0.3, -0.25) is 4.79 Å². The van der Waals surface area contributed by atoms with Gasteiger partial charge in [-0.1, -0.05) is 18.2 Å². The van der Waals surface area contributed by atoms with Crippen molar-refractivity contribution in [3.63, 3.8) is 0 Å². The summed E-state index contributed by atoms with van der Waals surface area (Å²) in [7, 11) is 2.42. The van der Waals surface area contributed by atoms with Gasteiger partial charge in [-0.05, 0) is 61.5 Å². The normalized spacial score (nSPS) is 10.6. The monoisotopic (exact) mass is 634 g/mol. The van der Waals surface area contributed by atoms with Gasteiger partial charge in [0.1, 0.15) is 5.60 Å². The van der Waals surface area contributed by atoms with Gasteiger partial charge in [0.25, 0.3) is 0 Å². The van der Waals surface area contributed by atoms with Crippen molar-refractivity contribution in [2.24, 2.45) is 0 Å². The highest BCUT2D eigenvalue weighted by Crippen LogP contribution is 2.24. The molecular weight excluding hydrogens is 604 g/mol. The Balaban J connectivity index is 1.74. The second-order valence-electron chi connectivity index (χ2n) is 9.84. The van der Waals surface area contributed by atoms with Crippen LogP contribution in [0.25, 0.3) is 0 Å². The van der Waals surface area contributed by atoms with Gasteiger partial charge in [-0.25, -0.2) is 28.8 Å². The van der Waals surface area contributed by atoms with Crippen molar-refractivity contribution in [2.75, 3.05) is 27.4 Å². The molecule has 0 atom stereocenters. The second-order valence-corrected chi connectivity index (χ2v) is 9.84. The molecule has 0 N–H and O–H groups in total. The van der Waals surface area contributed by atoms with E-state index in [0.29, 0.717) is 0 Å². The van der Waals surface area contributed by atoms with Crippen LogP contribution in [-0.2, 0) is 33.2 Å². The van der Waals surface area contributed by atoms with Gasteiger partial charge in [0.2, 0.25) is 0 Å². The lowest BCUT2D eigenvalue weighted by molar-refractivity contribution is -0.123. The standard InChI is InChI=1S/C33H30O13/c1-33(46-32(40)26-12-6-11-25(19-26)31(39)45-20-34,13-15-43-29(37)23-9-4-7-21(17-23)27(35)41-2)14-16-44-30(38)24-10-5-8-22(18-24)28(36)42-3/h4-12,17-20H,13-16H2,1-3H3. The molecule has 0 fully saturated rings. The van der Waals surface area contributed by atoms with Crippen LogP contribution in [0.4, 0.5) is 0 Å². The molecule has 0 unspecified atom stereocenters. The number of methoxy groups -OCH3 is 2. The highest BCUT2D eigenvalue weighted by atomic mass is 16.6. The first-order valence-electron chi connectivity index (χ1n) is 13.7. The fourth-order valence-electron chi connectivity index (χ4n) is 4.06. The lowest BCUT2D eigenvalue weighted by Crippen LogP contribution is -2.35. The first kappa shape index (κ1) is 34.6. The van der Waals surface area contributed by atoms with Gasteiger partial charge in [-0.15, -0.1) is 0 Å². The van der Waals surface area contributed by atoms with Crippen molar-refractivity contribution >= 4 is 42.3 Å². The van der Waals surface area contributed by atoms with Gasteiger partial charge >= 0.3 is 42.3 Å². The Hall–Kier alpha value is -5.85. The fraction of sp³-hybridized carbons (Fsp3) is 0.242. The molecule has 0 aliphatic carbocycles. The van der Waals surface area contributed by atoms with Crippen molar-refractivity contribution in [3.05, 3.63) is 106 Å². The topological polar surface area (TPSA) is 175 Å². The minimum atomic E-state index is -1.38. The third-order valence-electron chi connectivity index (χ3n) is 6.60. The van der Waals surface area contributed by atoms with E-state index < -0.39 is 41.4 Å². The van der Waals surface area contributed by atoms with Crippen LogP contribution >= 0.6 is 0 Å². The Labute approximate surface area is 263 Å². The predicted octanol–water partition coefficient (Wildman–Crippen LogP) is 3.98. The molecular formula is C33H30O13. The smallest absolute Gasteiger partial charge is 0.345 e. The number of rotatable bonds is 14. The van der Waals surface area contributed by atoms with E-state index in [2.05, 4.69) is 14.2 Å². The zero-order chi connectivity index (χ0) is 33.7. The van der Waals surface area contributed by atoms with Gasteiger partial charge < -0.3 is 28.4 Å². The molecule has 13 nitrogen and oxygen atoms in total. The zero-order valence-electron chi connectivity index (χ0n) is 25.1. The van der Waals surface area contributed by atoms with E-state index in [1.807, 2.05) is 0 Å². The largest absolute Gasteiger partial charge is 0.465 e. The quantitative estimate of drug-likeness (QED) is 0.108. The maximum atomic E-state index is 13.1. The van der Waals surface area contributed by atoms with Crippen molar-refractivity contribution in [3.8, 4) is 0 Å². The van der Waals surface area contributed by atoms with Gasteiger partial charge in [0.05, 0.1) is 60.8 Å². The molecule has 0 bridgehead atoms. The molecule has 0 radical (unpaired) electrons. The summed E-state index contributed by atoms with van der Waals surface area (Å²) in [6.45, 7) is 1.01. The average Bonchev–Trinajstić information content (AvgIpc) is 3.07. The van der Waals surface area contributed by atoms with E-state index in [4.69, 9.17) is 14.2 Å². The molecule has 0 spiro atoms. The molecule has 0 aliphatic rings. The number of hydrogen-bond donors (Lipinski definition) is 0. The summed E-state index contributed by atoms with van der Waals surface area (Å²) in [4.78, 5) is 84.7. The summed E-state index contributed by atoms with van der Waals surface area (Å²) in [5, 5.41) is 0. The Morgan fingerprint density at radius 2 is 0.913 bits per heavy atom. The molecule has 13 heteroatoms. The summed E-state index contributed by atoms with van der Waals surface area (Å²) >= 11 is 0. The van der Waals surface area contributed by atoms with Gasteiger partial charge in [0.15, 0.2) is 0 Å². The summed E-state index contributed by atoms with van der Waals surface area (Å²) in [5.41, 5.74) is -1.02. The van der Waals surface area contributed by atoms with Crippen LogP contribution in [-0.4, -0.2) is 75.3 Å². The van der Waals surface area contributed by atoms with Crippen LogP contribution in [0.2, 0.25) is 0 Å². The molecule has 0 saturated heterocycles. The number of benzene rings is 3. The van der Waals surface area contributed by atoms with Crippen LogP contribution in [0.1, 0.15) is 81.9 Å². The van der Waals surface area contributed by atoms with Crippen LogP contribution < -0.4 is 0 Å². The lowest BCUT2D eigenvalue weighted by Gasteiger charge is -2.29. The first-order chi connectivity index (χ1) is 22.0. The molecule has 0 amide bonds. The SMILES string of the molecule is COC(=O)c1cccc(C(=O)OCCC(C)(CCOC(=O)c2cccc(C(=O)OC)c2)OC(=O)c2cccc(C(=O)OC=O)c2)c1. The molecule has 0 aromatic heterocycles. The highest BCUT2D eigenvalue weighted by molar-refractivity contribution is 5.98. The molecule has 0 heterocycles. The van der Waals surface area contributed by atoms with Crippen molar-refractivity contribution in [1.29, 1.82) is 0 Å². The Morgan fingerprint density at radius 3 is 1.28 bits per heavy atom. The molecule has 3 rings (SSSR count). The number of carbonyl (C=O) groups is 7. The maximum absolute atomic E-state index is 13.1. The summed E-state index contributed by atoms with van der Waals surface area (Å²) in [6.07, 6.45) is -0.104. The van der Waals surface area contributed by atoms with Crippen LogP contribution in [0.3, 0.4) is 0 Å². The summed E-state index contributed by atoms with van der Waals surface area (Å²) < 4.78 is 30.2. The molecule has 3 aromatic rings. The molecule has 0 saturated carbocycles. The highest BCUT2D eigenvalue weighted by Gasteiger charge is 2.31. The van der Waals surface area contributed by atoms with E-state index in [9.17, 15) is 33.6 Å². The van der Waals surface area contributed by atoms with Crippen LogP contribution in [0.5, 0.6) is 0 Å². The minimum absolute atomic E-state index is 0.0373. The Morgan fingerprint density at radius 1 is 0.565 bits per heavy atom. The van der Waals surface area contributed by atoms with E-state index in [-0.39, 0.29) is 65.9 Å². The number of ether oxygens (including phenoxy) is 6. The van der Waals surface area contributed by atoms with Crippen LogP contribution in [0.15, 0.2) is 72.8 Å². The minimum Gasteiger partial charge on any atom is -0.465 e. The summed E-state index contributed by atoms with van der Waals surface area (Å²) in [6, 6.07) is 16.7. The third kappa shape index (κ3) is 9.58. The van der Waals surface area contributed by atoms with E-state index in [1.165, 1.54) is 93.9 Å². The molecule has 0 aliphatic heterocycles. The van der Waals surface area contributed by atoms with E-state index >= 15 is 0 Å². The summed E-state index contributed by atoms with van der Waals surface area (Å²) in [5.74, 6) is -4.61. The number of carbonyl (C=O) groups excluding carboxylic acids is 7. The average molecular weight is 635 g/mol. The lowest BCUT2D eigenvalue weighted by atomic mass is 9.98. The number of esters is 6. The number of hydrogen-bond acceptors (Lipinski definition) is 13. The third-order valence-corrected chi connectivity index (χ3v) is 6.60. The van der Waals surface area contributed by atoms with E-state index in [0.717, 1.165) is 0 Å². The van der Waals surface area contributed by atoms with E-state index in [1.54, 1.807) is 0 Å². The van der Waals surface area contributed by atoms with Crippen molar-refractivity contribution in [1.82, 2.24) is 0 Å². The Bertz CT molecular complexity index is 1550. The van der Waals surface area contributed by atoms with Crippen LogP contribution in [0, 0.1) is 0 Å². The van der Waals surface area contributed by atoms with Crippen molar-refractivity contribution in [2.45, 2.75) is 25.4 Å². The van der Waals surface area contributed by atoms with Gasteiger partial charge in [0, 0.05) is 12.8 Å². The maximum Gasteiger partial charge on any atom is 0.345 e. The molecule has 3 aromatic carbocycles. The predicted molar refractivity (Wildman–Crippen MR) is 157 cm³/mol. The zero-order valence-corrected chi connectivity index (χ0v) is 25.1. The molecule has 46 heavy (non-hydrogen) atoms. The second kappa shape index (κ2) is 16.3. The fourth-order valence-corrected chi connectivity index (χ4v) is 4.06.